The lowest BCUT2D eigenvalue weighted by atomic mass is 9.94. The van der Waals surface area contributed by atoms with Crippen LogP contribution in [0.1, 0.15) is 150 Å². The Kier molecular flexibility index (Phi) is 21.8. The molecule has 39 heavy (non-hydrogen) atoms. The summed E-state index contributed by atoms with van der Waals surface area (Å²) in [5.41, 5.74) is 0. The zero-order chi connectivity index (χ0) is 29.5. The van der Waals surface area contributed by atoms with Crippen LogP contribution < -0.4 is 0 Å². The van der Waals surface area contributed by atoms with Gasteiger partial charge in [0.1, 0.15) is 0 Å². The van der Waals surface area contributed by atoms with Crippen molar-refractivity contribution in [1.29, 1.82) is 0 Å². The number of nitrogens with zero attached hydrogens (tertiary/aromatic N) is 1. The van der Waals surface area contributed by atoms with E-state index in [0.29, 0.717) is 6.42 Å². The molecular weight excluding hydrogens is 494 g/mol. The molecule has 0 amide bonds. The van der Waals surface area contributed by atoms with Gasteiger partial charge in [-0.3, -0.25) is 4.48 Å². The molecule has 0 spiro atoms. The molecule has 0 aliphatic heterocycles. The Morgan fingerprint density at radius 3 is 1.13 bits per heavy atom. The van der Waals surface area contributed by atoms with Gasteiger partial charge in [-0.15, -0.1) is 0 Å². The Morgan fingerprint density at radius 2 is 0.821 bits per heavy atom. The van der Waals surface area contributed by atoms with Gasteiger partial charge in [-0.05, 0) is 32.1 Å². The van der Waals surface area contributed by atoms with E-state index in [-0.39, 0.29) is 25.8 Å². The number of unbranched alkanes of at least 4 members (excludes halogenated alkanes) is 14. The van der Waals surface area contributed by atoms with Gasteiger partial charge in [0, 0.05) is 19.3 Å². The molecule has 0 aromatic carbocycles. The summed E-state index contributed by atoms with van der Waals surface area (Å²) in [4.78, 5) is 36.7. The molecule has 3 N–H and O–H groups in total. The standard InChI is InChI=1S/C32H59NO6/c1-5-9-10-11-12-13-14-15-16-17-18-19-20-21-22-23-24-25-26-33(27(6-2)30(34)35,28(7-3)31(36)37)29(8-4)32(38)39/h21-22,27-29H,5-20,23-26H2,1-4H3,(H2-,34,35,36,37,38,39)/p+1/b22-21+. The van der Waals surface area contributed by atoms with Gasteiger partial charge in [-0.25, -0.2) is 14.4 Å². The maximum Gasteiger partial charge on any atom is 0.362 e. The zero-order valence-corrected chi connectivity index (χ0v) is 25.5. The molecule has 228 valence electrons. The molecule has 0 aliphatic rings. The first kappa shape index (κ1) is 37.1. The van der Waals surface area contributed by atoms with E-state index in [2.05, 4.69) is 19.1 Å². The number of quaternary nitrogens is 1. The van der Waals surface area contributed by atoms with E-state index in [1.807, 2.05) is 0 Å². The second-order valence-corrected chi connectivity index (χ2v) is 11.2. The molecule has 0 radical (unpaired) electrons. The number of aliphatic carboxylic acids is 3. The second-order valence-electron chi connectivity index (χ2n) is 11.2. The van der Waals surface area contributed by atoms with Gasteiger partial charge >= 0.3 is 17.9 Å². The average Bonchev–Trinajstić information content (AvgIpc) is 2.88. The van der Waals surface area contributed by atoms with Crippen molar-refractivity contribution in [2.45, 2.75) is 168 Å². The SMILES string of the molecule is CCCCCCCCCCCCCC/C=C/CCCC[N+](C(CC)C(=O)O)(C(CC)C(=O)O)C(CC)C(=O)O. The van der Waals surface area contributed by atoms with Crippen molar-refractivity contribution in [3.05, 3.63) is 12.2 Å². The molecule has 0 aliphatic carbocycles. The van der Waals surface area contributed by atoms with Crippen LogP contribution in [0.25, 0.3) is 0 Å². The molecule has 0 aromatic rings. The minimum absolute atomic E-state index is 0.182. The minimum atomic E-state index is -1.13. The number of rotatable bonds is 27. The van der Waals surface area contributed by atoms with Crippen molar-refractivity contribution in [2.24, 2.45) is 0 Å². The predicted molar refractivity (Wildman–Crippen MR) is 159 cm³/mol. The second kappa shape index (κ2) is 22.9. The Balaban J connectivity index is 4.65. The maximum atomic E-state index is 12.2. The molecular formula is C32H60NO6+. The van der Waals surface area contributed by atoms with Gasteiger partial charge in [0.2, 0.25) is 0 Å². The number of allylic oxidation sites excluding steroid dienone is 2. The van der Waals surface area contributed by atoms with Crippen molar-refractivity contribution in [3.8, 4) is 0 Å². The third kappa shape index (κ3) is 13.8. The van der Waals surface area contributed by atoms with Crippen LogP contribution >= 0.6 is 0 Å². The predicted octanol–water partition coefficient (Wildman–Crippen LogP) is 8.21. The Labute approximate surface area is 238 Å². The first-order valence-corrected chi connectivity index (χ1v) is 15.9. The maximum absolute atomic E-state index is 12.2. The molecule has 3 atom stereocenters. The van der Waals surface area contributed by atoms with E-state index in [9.17, 15) is 29.7 Å². The summed E-state index contributed by atoms with van der Waals surface area (Å²) in [6.45, 7) is 7.59. The summed E-state index contributed by atoms with van der Waals surface area (Å²) < 4.78 is -0.425. The van der Waals surface area contributed by atoms with Crippen LogP contribution in [-0.2, 0) is 14.4 Å². The highest BCUT2D eigenvalue weighted by molar-refractivity contribution is 5.78. The Bertz CT molecular complexity index is 637. The molecule has 0 fully saturated rings. The topological polar surface area (TPSA) is 112 Å². The minimum Gasteiger partial charge on any atom is -0.477 e. The summed E-state index contributed by atoms with van der Waals surface area (Å²) in [5, 5.41) is 30.0. The fraction of sp³-hybridized carbons (Fsp3) is 0.844. The van der Waals surface area contributed by atoms with Gasteiger partial charge < -0.3 is 15.3 Å². The normalized spacial score (nSPS) is 15.6. The van der Waals surface area contributed by atoms with Gasteiger partial charge in [0.15, 0.2) is 18.1 Å². The van der Waals surface area contributed by atoms with Crippen LogP contribution in [0.5, 0.6) is 0 Å². The van der Waals surface area contributed by atoms with E-state index in [4.69, 9.17) is 0 Å². The van der Waals surface area contributed by atoms with Crippen LogP contribution in [0.2, 0.25) is 0 Å². The smallest absolute Gasteiger partial charge is 0.362 e. The number of hydrogen-bond donors (Lipinski definition) is 3. The summed E-state index contributed by atoms with van der Waals surface area (Å²) in [5.74, 6) is -3.38. The van der Waals surface area contributed by atoms with Gasteiger partial charge in [-0.2, -0.15) is 0 Å². The molecule has 0 bridgehead atoms. The lowest BCUT2D eigenvalue weighted by Gasteiger charge is -2.49. The van der Waals surface area contributed by atoms with E-state index in [0.717, 1.165) is 19.3 Å². The molecule has 0 saturated carbocycles. The zero-order valence-electron chi connectivity index (χ0n) is 25.5. The van der Waals surface area contributed by atoms with Crippen molar-refractivity contribution in [3.63, 3.8) is 0 Å². The van der Waals surface area contributed by atoms with Crippen LogP contribution in [0, 0.1) is 0 Å². The fourth-order valence-electron chi connectivity index (χ4n) is 6.27. The number of carbonyl (C=O) groups is 3. The van der Waals surface area contributed by atoms with Gasteiger partial charge in [-0.1, -0.05) is 110 Å². The third-order valence-corrected chi connectivity index (χ3v) is 8.31. The van der Waals surface area contributed by atoms with Crippen molar-refractivity contribution >= 4 is 17.9 Å². The van der Waals surface area contributed by atoms with Crippen LogP contribution in [0.3, 0.4) is 0 Å². The molecule has 3 unspecified atom stereocenters. The average molecular weight is 555 g/mol. The molecule has 0 saturated heterocycles. The first-order valence-electron chi connectivity index (χ1n) is 15.9. The summed E-state index contributed by atoms with van der Waals surface area (Å²) in [6, 6.07) is -3.23. The van der Waals surface area contributed by atoms with E-state index >= 15 is 0 Å². The van der Waals surface area contributed by atoms with E-state index < -0.39 is 40.5 Å². The largest absolute Gasteiger partial charge is 0.477 e. The van der Waals surface area contributed by atoms with Gasteiger partial charge in [0.25, 0.3) is 0 Å². The van der Waals surface area contributed by atoms with E-state index in [1.54, 1.807) is 20.8 Å². The summed E-state index contributed by atoms with van der Waals surface area (Å²) in [6.07, 6.45) is 24.2. The lowest BCUT2D eigenvalue weighted by molar-refractivity contribution is -0.973. The first-order chi connectivity index (χ1) is 18.7. The lowest BCUT2D eigenvalue weighted by Crippen LogP contribution is -2.72. The quantitative estimate of drug-likeness (QED) is 0.0536. The number of carboxylic acid groups (broad SMARTS) is 3. The molecule has 7 heteroatoms. The number of hydrogen-bond acceptors (Lipinski definition) is 3. The van der Waals surface area contributed by atoms with Crippen LogP contribution in [-0.4, -0.2) is 62.4 Å². The summed E-state index contributed by atoms with van der Waals surface area (Å²) in [7, 11) is 0. The molecule has 7 nitrogen and oxygen atoms in total. The highest BCUT2D eigenvalue weighted by Crippen LogP contribution is 2.32. The number of carboxylic acids is 3. The highest BCUT2D eigenvalue weighted by Gasteiger charge is 2.55. The fourth-order valence-corrected chi connectivity index (χ4v) is 6.27. The third-order valence-electron chi connectivity index (χ3n) is 8.31. The summed E-state index contributed by atoms with van der Waals surface area (Å²) >= 11 is 0. The van der Waals surface area contributed by atoms with Crippen LogP contribution in [0.15, 0.2) is 12.2 Å². The molecule has 0 aromatic heterocycles. The Morgan fingerprint density at radius 1 is 0.513 bits per heavy atom. The monoisotopic (exact) mass is 554 g/mol. The van der Waals surface area contributed by atoms with Crippen molar-refractivity contribution in [1.82, 2.24) is 0 Å². The van der Waals surface area contributed by atoms with Crippen molar-refractivity contribution in [2.75, 3.05) is 6.54 Å². The molecule has 0 heterocycles. The molecule has 0 rings (SSSR count). The Hall–Kier alpha value is -1.89. The van der Waals surface area contributed by atoms with Gasteiger partial charge in [0.05, 0.1) is 6.54 Å². The highest BCUT2D eigenvalue weighted by atomic mass is 16.4. The van der Waals surface area contributed by atoms with Crippen LogP contribution in [0.4, 0.5) is 0 Å². The van der Waals surface area contributed by atoms with E-state index in [1.165, 1.54) is 77.0 Å². The van der Waals surface area contributed by atoms with Crippen molar-refractivity contribution < 1.29 is 34.2 Å².